The molecule has 0 rings (SSSR count). The Morgan fingerprint density at radius 2 is 0.470 bits per heavy atom. The highest BCUT2D eigenvalue weighted by atomic mass is 16.6. The van der Waals surface area contributed by atoms with Gasteiger partial charge in [-0.3, -0.25) is 14.4 Å². The van der Waals surface area contributed by atoms with E-state index in [0.29, 0.717) is 19.3 Å². The zero-order valence-corrected chi connectivity index (χ0v) is 55.7. The number of esters is 3. The van der Waals surface area contributed by atoms with Crippen LogP contribution in [0, 0.1) is 0 Å². The minimum Gasteiger partial charge on any atom is -0.462 e. The Bertz CT molecular complexity index is 1470. The molecule has 0 aliphatic heterocycles. The normalized spacial score (nSPS) is 12.4. The van der Waals surface area contributed by atoms with Crippen molar-refractivity contribution >= 4 is 17.9 Å². The Balaban J connectivity index is 4.14. The van der Waals surface area contributed by atoms with Crippen LogP contribution in [0.15, 0.2) is 60.8 Å². The number of carbonyl (C=O) groups is 3. The predicted molar refractivity (Wildman–Crippen MR) is 362 cm³/mol. The molecule has 0 aliphatic rings. The van der Waals surface area contributed by atoms with Crippen LogP contribution < -0.4 is 0 Å². The number of rotatable bonds is 68. The van der Waals surface area contributed by atoms with Crippen LogP contribution in [-0.4, -0.2) is 37.2 Å². The molecule has 0 saturated heterocycles. The van der Waals surface area contributed by atoms with E-state index in [-0.39, 0.29) is 37.5 Å². The Morgan fingerprint density at radius 1 is 0.253 bits per heavy atom. The van der Waals surface area contributed by atoms with Crippen LogP contribution in [0.4, 0.5) is 0 Å². The Kier molecular flexibility index (Phi) is 69.1. The number of unbranched alkanes of at least 4 members (excludes halogenated alkanes) is 47. The van der Waals surface area contributed by atoms with Crippen molar-refractivity contribution in [3.8, 4) is 0 Å². The first-order chi connectivity index (χ1) is 41.0. The molecule has 0 aromatic rings. The van der Waals surface area contributed by atoms with Gasteiger partial charge in [0, 0.05) is 19.3 Å². The van der Waals surface area contributed by atoms with E-state index in [9.17, 15) is 14.4 Å². The van der Waals surface area contributed by atoms with Gasteiger partial charge in [-0.25, -0.2) is 0 Å². The Morgan fingerprint density at radius 3 is 0.723 bits per heavy atom. The molecule has 83 heavy (non-hydrogen) atoms. The molecule has 0 amide bonds. The van der Waals surface area contributed by atoms with Gasteiger partial charge in [0.05, 0.1) is 0 Å². The smallest absolute Gasteiger partial charge is 0.306 e. The van der Waals surface area contributed by atoms with Crippen LogP contribution in [0.25, 0.3) is 0 Å². The van der Waals surface area contributed by atoms with Crippen LogP contribution in [-0.2, 0) is 28.6 Å². The molecular weight excluding hydrogens is 1020 g/mol. The lowest BCUT2D eigenvalue weighted by molar-refractivity contribution is -0.167. The van der Waals surface area contributed by atoms with Crippen LogP contribution in [0.2, 0.25) is 0 Å². The molecule has 1 unspecified atom stereocenters. The summed E-state index contributed by atoms with van der Waals surface area (Å²) in [5.41, 5.74) is 0. The minimum absolute atomic E-state index is 0.0921. The van der Waals surface area contributed by atoms with E-state index in [4.69, 9.17) is 14.2 Å². The van der Waals surface area contributed by atoms with Gasteiger partial charge in [-0.2, -0.15) is 0 Å². The second-order valence-electron chi connectivity index (χ2n) is 24.8. The van der Waals surface area contributed by atoms with Crippen LogP contribution in [0.5, 0.6) is 0 Å². The summed E-state index contributed by atoms with van der Waals surface area (Å²) in [7, 11) is 0. The van der Waals surface area contributed by atoms with E-state index in [1.54, 1.807) is 0 Å². The topological polar surface area (TPSA) is 78.9 Å². The van der Waals surface area contributed by atoms with Gasteiger partial charge < -0.3 is 14.2 Å². The van der Waals surface area contributed by atoms with Gasteiger partial charge in [-0.1, -0.05) is 377 Å². The van der Waals surface area contributed by atoms with Crippen molar-refractivity contribution in [2.45, 2.75) is 399 Å². The first-order valence-corrected chi connectivity index (χ1v) is 36.8. The van der Waals surface area contributed by atoms with Crippen LogP contribution in [0.1, 0.15) is 393 Å². The van der Waals surface area contributed by atoms with E-state index in [1.807, 2.05) is 0 Å². The average molecular weight is 1160 g/mol. The van der Waals surface area contributed by atoms with Gasteiger partial charge >= 0.3 is 17.9 Å². The summed E-state index contributed by atoms with van der Waals surface area (Å²) in [6.07, 6.45) is 92.9. The summed E-state index contributed by atoms with van der Waals surface area (Å²) in [5.74, 6) is -0.927. The molecular formula is C77H140O6. The summed E-state index contributed by atoms with van der Waals surface area (Å²) in [5, 5.41) is 0. The van der Waals surface area contributed by atoms with E-state index in [2.05, 4.69) is 81.5 Å². The fourth-order valence-corrected chi connectivity index (χ4v) is 11.1. The van der Waals surface area contributed by atoms with E-state index < -0.39 is 6.10 Å². The van der Waals surface area contributed by atoms with Crippen molar-refractivity contribution in [1.29, 1.82) is 0 Å². The molecule has 0 bridgehead atoms. The summed E-state index contributed by atoms with van der Waals surface area (Å²) < 4.78 is 16.9. The molecule has 484 valence electrons. The van der Waals surface area contributed by atoms with Crippen LogP contribution in [0.3, 0.4) is 0 Å². The number of hydrogen-bond donors (Lipinski definition) is 0. The molecule has 0 aromatic heterocycles. The predicted octanol–water partition coefficient (Wildman–Crippen LogP) is 25.5. The fourth-order valence-electron chi connectivity index (χ4n) is 11.1. The lowest BCUT2D eigenvalue weighted by Gasteiger charge is -2.18. The second-order valence-corrected chi connectivity index (χ2v) is 24.8. The Labute approximate surface area is 517 Å². The largest absolute Gasteiger partial charge is 0.462 e. The van der Waals surface area contributed by atoms with Gasteiger partial charge in [0.1, 0.15) is 13.2 Å². The number of carbonyl (C=O) groups excluding carboxylic acids is 3. The molecule has 6 nitrogen and oxygen atoms in total. The van der Waals surface area contributed by atoms with Gasteiger partial charge in [0.15, 0.2) is 6.10 Å². The molecule has 6 heteroatoms. The molecule has 0 aliphatic carbocycles. The first-order valence-electron chi connectivity index (χ1n) is 36.8. The third kappa shape index (κ3) is 69.8. The zero-order chi connectivity index (χ0) is 59.9. The van der Waals surface area contributed by atoms with E-state index in [1.165, 1.54) is 270 Å². The van der Waals surface area contributed by atoms with Crippen LogP contribution >= 0.6 is 0 Å². The highest BCUT2D eigenvalue weighted by molar-refractivity contribution is 5.71. The minimum atomic E-state index is -0.802. The van der Waals surface area contributed by atoms with Gasteiger partial charge in [0.2, 0.25) is 0 Å². The maximum absolute atomic E-state index is 12.9. The second kappa shape index (κ2) is 71.6. The lowest BCUT2D eigenvalue weighted by atomic mass is 10.0. The summed E-state index contributed by atoms with van der Waals surface area (Å²) in [4.78, 5) is 38.4. The van der Waals surface area contributed by atoms with Crippen molar-refractivity contribution in [3.05, 3.63) is 60.8 Å². The quantitative estimate of drug-likeness (QED) is 0.0261. The third-order valence-electron chi connectivity index (χ3n) is 16.5. The molecule has 0 radical (unpaired) electrons. The highest BCUT2D eigenvalue weighted by Crippen LogP contribution is 2.19. The maximum Gasteiger partial charge on any atom is 0.306 e. The zero-order valence-electron chi connectivity index (χ0n) is 55.7. The summed E-state index contributed by atoms with van der Waals surface area (Å²) >= 11 is 0. The number of ether oxygens (including phenoxy) is 3. The highest BCUT2D eigenvalue weighted by Gasteiger charge is 2.19. The van der Waals surface area contributed by atoms with E-state index >= 15 is 0 Å². The van der Waals surface area contributed by atoms with Crippen molar-refractivity contribution in [3.63, 3.8) is 0 Å². The van der Waals surface area contributed by atoms with Crippen molar-refractivity contribution in [2.24, 2.45) is 0 Å². The van der Waals surface area contributed by atoms with Crippen molar-refractivity contribution in [1.82, 2.24) is 0 Å². The fraction of sp³-hybridized carbons (Fsp3) is 0.831. The van der Waals surface area contributed by atoms with Gasteiger partial charge in [0.25, 0.3) is 0 Å². The summed E-state index contributed by atoms with van der Waals surface area (Å²) in [6, 6.07) is 0. The van der Waals surface area contributed by atoms with Gasteiger partial charge in [-0.05, 0) is 57.8 Å². The molecule has 0 spiro atoms. The van der Waals surface area contributed by atoms with Crippen molar-refractivity contribution < 1.29 is 28.6 Å². The molecule has 0 aromatic carbocycles. The molecule has 0 heterocycles. The van der Waals surface area contributed by atoms with Crippen molar-refractivity contribution in [2.75, 3.05) is 13.2 Å². The number of allylic oxidation sites excluding steroid dienone is 10. The average Bonchev–Trinajstić information content (AvgIpc) is 3.49. The lowest BCUT2D eigenvalue weighted by Crippen LogP contribution is -2.30. The maximum atomic E-state index is 12.9. The molecule has 1 atom stereocenters. The molecule has 0 fully saturated rings. The first kappa shape index (κ1) is 80.1. The monoisotopic (exact) mass is 1160 g/mol. The van der Waals surface area contributed by atoms with E-state index in [0.717, 1.165) is 77.0 Å². The number of hydrogen-bond acceptors (Lipinski definition) is 6. The molecule has 0 N–H and O–H groups in total. The summed E-state index contributed by atoms with van der Waals surface area (Å²) in [6.45, 7) is 6.54. The third-order valence-corrected chi connectivity index (χ3v) is 16.5. The molecule has 0 saturated carbocycles. The van der Waals surface area contributed by atoms with Gasteiger partial charge in [-0.15, -0.1) is 0 Å². The SMILES string of the molecule is CC/C=C\C/C=C\C/C=C\C/C=C\C/C=C\CCCC(=O)OC(COC(=O)CCCCCCCCCCCCCCCC)COC(=O)CCCCCCCCCCCCCCCCCCCCCCCCCCCCCCCCCCCC. The Hall–Kier alpha value is -2.89. The standard InChI is InChI=1S/C77H140O6/c1-4-7-10-13-16-19-22-25-28-30-31-32-33-34-35-36-37-38-39-40-41-42-43-44-45-46-48-49-52-55-58-61-64-67-70-76(79)82-73-74(72-81-75(78)69-66-63-60-57-54-51-27-24-21-18-15-12-9-6-3)83-77(80)71-68-65-62-59-56-53-50-47-29-26-23-20-17-14-11-8-5-2/h8,11,17,20,26,29,50,53,59,62,74H,4-7,9-10,12-16,18-19,21-25,27-28,30-49,51-52,54-58,60-61,63-73H2,1-3H3/b11-8-,20-17-,29-26-,53-50-,62-59-.